The molecule has 4 N–H and O–H groups in total. The van der Waals surface area contributed by atoms with E-state index < -0.39 is 61.8 Å². The molecule has 366 valence electrons. The maximum atomic E-state index is 11.2. The van der Waals surface area contributed by atoms with Crippen molar-refractivity contribution in [1.29, 1.82) is 0 Å². The number of ether oxygens (including phenoxy) is 6. The van der Waals surface area contributed by atoms with Crippen LogP contribution < -0.4 is 34.7 Å². The van der Waals surface area contributed by atoms with Gasteiger partial charge in [-0.1, -0.05) is 26.0 Å². The maximum absolute atomic E-state index is 11.2. The first-order chi connectivity index (χ1) is 29.9. The Balaban J connectivity index is -0.000000851. The quantitative estimate of drug-likeness (QED) is 0.0834. The number of rotatable bonds is 12. The fraction of sp³-hybridized carbons (Fsp3) is 0.760. The number of hydrogen-bond acceptors (Lipinski definition) is 15. The Morgan fingerprint density at radius 3 is 1.37 bits per heavy atom. The Morgan fingerprint density at radius 1 is 0.683 bits per heavy atom. The van der Waals surface area contributed by atoms with Crippen LogP contribution in [0.5, 0.6) is 0 Å². The third kappa shape index (κ3) is 37.7. The normalized spacial score (nSPS) is 21.9. The summed E-state index contributed by atoms with van der Waals surface area (Å²) >= 11 is 9.54. The van der Waals surface area contributed by atoms with E-state index in [9.17, 15) is 24.9 Å². The summed E-state index contributed by atoms with van der Waals surface area (Å²) in [6, 6.07) is 0. The van der Waals surface area contributed by atoms with Crippen molar-refractivity contribution in [3.63, 3.8) is 0 Å². The Hall–Kier alpha value is 4.34. The Bertz CT molecular complexity index is 2310. The third-order valence-corrected chi connectivity index (χ3v) is 52.8. The van der Waals surface area contributed by atoms with Gasteiger partial charge < -0.3 is 54.0 Å². The zero-order valence-electron chi connectivity index (χ0n) is 33.4. The summed E-state index contributed by atoms with van der Waals surface area (Å²) in [5.41, 5.74) is 0. The molecule has 0 aliphatic carbocycles. The number of aliphatic hydroxyl groups excluding tert-OH is 4. The first kappa shape index (κ1) is 71.6. The van der Waals surface area contributed by atoms with Crippen LogP contribution in [0.25, 0.3) is 0 Å². The molecule has 2 fully saturated rings. The van der Waals surface area contributed by atoms with Crippen molar-refractivity contribution in [2.45, 2.75) is 89.4 Å². The van der Waals surface area contributed by atoms with E-state index in [1.165, 1.54) is 37.7 Å². The number of aliphatic hydroxyl groups is 4. The van der Waals surface area contributed by atoms with Gasteiger partial charge in [-0.25, -0.2) is 0 Å². The van der Waals surface area contributed by atoms with Crippen molar-refractivity contribution in [2.24, 2.45) is 5.92 Å². The van der Waals surface area contributed by atoms with Gasteiger partial charge in [0.05, 0.1) is 19.8 Å². The fourth-order valence-electron chi connectivity index (χ4n) is 4.09. The fourth-order valence-corrected chi connectivity index (χ4v) is 59.0. The average molecular weight is 1340 g/mol. The Kier molecular flexibility index (Phi) is 58.2. The Morgan fingerprint density at radius 2 is 1.05 bits per heavy atom. The number of carbonyl (C=O) groups excluding carboxylic acids is 2. The third-order valence-electron chi connectivity index (χ3n) is 6.15. The molecule has 0 aromatic heterocycles. The smallest absolute Gasteiger partial charge is 0.857 e. The summed E-state index contributed by atoms with van der Waals surface area (Å²) in [5.74, 6) is -0.908. The molecule has 2 heterocycles. The number of esters is 2. The van der Waals surface area contributed by atoms with Gasteiger partial charge in [0.2, 0.25) is 0 Å². The standard InChI is InChI=1S/C15H24O6.C9H16O6.CH3O.Na.S24/c1-6-8-18-15-14(20-11(5)17)9(3)13(21-15)12(7-2)19-10(4)16;1-2-3-14-9-7(13)6(12)8(15-9)5(11)4-10;1-2;;1-3-5-7-9-11-13-15-17-19-21-23-24-22-20-18-16-14-12-10-8-6-4-2/h6,9,12-15H,1,7-8H2,2-5H3;2,5-13H,1,3-4H2;1H3;;/q;;-1;+1;/t9?,12-,13-,14+,15-;5-,6?,7+,8+,9-;;;/m11.../s1. The molecule has 2 rings (SSSR count). The minimum Gasteiger partial charge on any atom is -0.857 e. The summed E-state index contributed by atoms with van der Waals surface area (Å²) in [4.78, 5) is 22.4. The SMILES string of the molecule is C=CCO[C@@H]1O[C@@H]([C@@H](CC)OC(C)=O)C(C)[C@@H]1OC(C)=O.C=CCO[C@@H]1O[C@@H]([C@H](O)CO)C(O)[C@@H]1O.C[O-].S=S=S=S=S=S=S=S=S=S=S=S=S=S=S=S=S=S=S=S=S=S=S=S.[Na+]. The predicted molar refractivity (Wildman–Crippen MR) is 308 cm³/mol. The van der Waals surface area contributed by atoms with Gasteiger partial charge in [-0.3, -0.25) is 9.59 Å². The van der Waals surface area contributed by atoms with Crippen LogP contribution in [0.15, 0.2) is 25.3 Å². The zero-order chi connectivity index (χ0) is 47.0. The van der Waals surface area contributed by atoms with Gasteiger partial charge >= 0.3 is 41.5 Å². The van der Waals surface area contributed by atoms with Gasteiger partial charge in [0.15, 0.2) is 18.7 Å². The summed E-state index contributed by atoms with van der Waals surface area (Å²) in [7, 11) is 38.9. The molecule has 2 aliphatic heterocycles. The van der Waals surface area contributed by atoms with Gasteiger partial charge in [-0.15, -0.1) is 13.2 Å². The molecule has 63 heavy (non-hydrogen) atoms. The van der Waals surface area contributed by atoms with Crippen LogP contribution in [0.4, 0.5) is 0 Å². The summed E-state index contributed by atoms with van der Waals surface area (Å²) in [6.07, 6.45) is -4.13. The summed E-state index contributed by atoms with van der Waals surface area (Å²) < 4.78 is 32.0. The monoisotopic (exact) mass is 1340 g/mol. The predicted octanol–water partition coefficient (Wildman–Crippen LogP) is -4.26. The molecule has 2 saturated heterocycles. The minimum absolute atomic E-state index is 0. The van der Waals surface area contributed by atoms with E-state index >= 15 is 0 Å². The van der Waals surface area contributed by atoms with Crippen LogP contribution in [0, 0.1) is 5.92 Å². The van der Waals surface area contributed by atoms with Crippen LogP contribution >= 0.6 is 0 Å². The molecule has 2 unspecified atom stereocenters. The van der Waals surface area contributed by atoms with Gasteiger partial charge in [0.1, 0.15) is 36.6 Å². The van der Waals surface area contributed by atoms with Crippen molar-refractivity contribution in [1.82, 2.24) is 0 Å². The molecule has 0 bridgehead atoms. The molecule has 0 amide bonds. The molecular weight excluding hydrogens is 1300 g/mol. The topological polar surface area (TPSA) is 194 Å². The molecule has 0 spiro atoms. The van der Waals surface area contributed by atoms with E-state index in [1.54, 1.807) is 148 Å². The summed E-state index contributed by atoms with van der Waals surface area (Å²) in [5, 5.41) is 45.1. The van der Waals surface area contributed by atoms with Gasteiger partial charge in [0, 0.05) is 238 Å². The summed E-state index contributed by atoms with van der Waals surface area (Å²) in [6.45, 7) is 13.4. The second-order valence-corrected chi connectivity index (χ2v) is 48.8. The van der Waals surface area contributed by atoms with Crippen molar-refractivity contribution >= 4 is 230 Å². The second-order valence-electron chi connectivity index (χ2n) is 9.90. The molecule has 0 radical (unpaired) electrons. The molecule has 2 aliphatic rings. The van der Waals surface area contributed by atoms with Crippen LogP contribution in [0.2, 0.25) is 0 Å². The zero-order valence-corrected chi connectivity index (χ0v) is 55.0. The average Bonchev–Trinajstić information content (AvgIpc) is 3.73. The van der Waals surface area contributed by atoms with E-state index in [0.29, 0.717) is 6.42 Å². The molecular formula is C25H43NaO13S24. The Labute approximate surface area is 462 Å². The second kappa shape index (κ2) is 51.2. The van der Waals surface area contributed by atoms with Gasteiger partial charge in [0.25, 0.3) is 0 Å². The molecule has 0 aromatic rings. The van der Waals surface area contributed by atoms with Crippen molar-refractivity contribution in [2.75, 3.05) is 26.9 Å². The van der Waals surface area contributed by atoms with E-state index in [2.05, 4.69) is 13.2 Å². The van der Waals surface area contributed by atoms with Gasteiger partial charge in [-0.05, 0) is 6.42 Å². The number of carbonyl (C=O) groups is 2. The molecule has 38 heteroatoms. The van der Waals surface area contributed by atoms with Crippen molar-refractivity contribution in [3.8, 4) is 0 Å². The van der Waals surface area contributed by atoms with Gasteiger partial charge in [-0.2, -0.15) is 7.11 Å². The molecule has 0 saturated carbocycles. The molecule has 13 nitrogen and oxygen atoms in total. The van der Waals surface area contributed by atoms with Crippen LogP contribution in [-0.4, -0.2) is 115 Å². The van der Waals surface area contributed by atoms with E-state index in [1.807, 2.05) is 49.4 Å². The van der Waals surface area contributed by atoms with E-state index in [-0.39, 0.29) is 60.8 Å². The molecule has 0 aromatic carbocycles. The maximum Gasteiger partial charge on any atom is 1.00 e. The van der Waals surface area contributed by atoms with E-state index in [4.69, 9.17) is 61.0 Å². The first-order valence-electron chi connectivity index (χ1n) is 16.0. The van der Waals surface area contributed by atoms with E-state index in [0.717, 1.165) is 7.11 Å². The molecule has 10 atom stereocenters. The largest absolute Gasteiger partial charge is 1.00 e. The minimum atomic E-state index is -1.28. The van der Waals surface area contributed by atoms with Crippen LogP contribution in [0.1, 0.15) is 34.1 Å². The van der Waals surface area contributed by atoms with Crippen molar-refractivity contribution < 1.29 is 93.1 Å². The van der Waals surface area contributed by atoms with Crippen LogP contribution in [0.3, 0.4) is 0 Å². The number of hydrogen-bond donors (Lipinski definition) is 4. The van der Waals surface area contributed by atoms with Crippen LogP contribution in [-0.2, 0) is 256 Å². The first-order valence-corrected chi connectivity index (χ1v) is 46.7. The van der Waals surface area contributed by atoms with Crippen molar-refractivity contribution in [3.05, 3.63) is 25.3 Å².